The second kappa shape index (κ2) is 11.7. The molecule has 3 aromatic rings. The Bertz CT molecular complexity index is 1140. The summed E-state index contributed by atoms with van der Waals surface area (Å²) >= 11 is 5.91. The zero-order valence-electron chi connectivity index (χ0n) is 18.3. The molecule has 7 heteroatoms. The van der Waals surface area contributed by atoms with Crippen LogP contribution in [0.3, 0.4) is 0 Å². The Morgan fingerprint density at radius 3 is 2.48 bits per heavy atom. The van der Waals surface area contributed by atoms with Crippen LogP contribution in [0.25, 0.3) is 6.08 Å². The van der Waals surface area contributed by atoms with Gasteiger partial charge in [0.15, 0.2) is 11.5 Å². The van der Waals surface area contributed by atoms with Gasteiger partial charge in [0, 0.05) is 11.1 Å². The number of carbonyl (C=O) groups is 2. The SMILES string of the molecule is CCOC(=O)c1ccccc1NC(=O)C=Cc1ccc(OCc2ccc(Cl)cc2)c(OC)c1. The van der Waals surface area contributed by atoms with Gasteiger partial charge >= 0.3 is 5.97 Å². The van der Waals surface area contributed by atoms with E-state index >= 15 is 0 Å². The molecule has 6 nitrogen and oxygen atoms in total. The van der Waals surface area contributed by atoms with Crippen molar-refractivity contribution in [2.75, 3.05) is 19.0 Å². The first-order valence-corrected chi connectivity index (χ1v) is 10.7. The van der Waals surface area contributed by atoms with Crippen molar-refractivity contribution in [1.29, 1.82) is 0 Å². The lowest BCUT2D eigenvalue weighted by Crippen LogP contribution is -2.13. The van der Waals surface area contributed by atoms with E-state index in [4.69, 9.17) is 25.8 Å². The van der Waals surface area contributed by atoms with Crippen molar-refractivity contribution >= 4 is 35.2 Å². The molecule has 0 heterocycles. The normalized spacial score (nSPS) is 10.6. The number of anilines is 1. The van der Waals surface area contributed by atoms with Gasteiger partial charge in [-0.05, 0) is 60.5 Å². The summed E-state index contributed by atoms with van der Waals surface area (Å²) in [4.78, 5) is 24.5. The van der Waals surface area contributed by atoms with Crippen LogP contribution in [0.5, 0.6) is 11.5 Å². The smallest absolute Gasteiger partial charge is 0.340 e. The molecular formula is C26H24ClNO5. The third-order valence-corrected chi connectivity index (χ3v) is 4.85. The maximum Gasteiger partial charge on any atom is 0.340 e. The molecular weight excluding hydrogens is 442 g/mol. The number of ether oxygens (including phenoxy) is 3. The van der Waals surface area contributed by atoms with Gasteiger partial charge in [0.1, 0.15) is 6.61 Å². The molecule has 33 heavy (non-hydrogen) atoms. The van der Waals surface area contributed by atoms with E-state index in [1.54, 1.807) is 56.5 Å². The van der Waals surface area contributed by atoms with Crippen LogP contribution in [0, 0.1) is 0 Å². The highest BCUT2D eigenvalue weighted by atomic mass is 35.5. The van der Waals surface area contributed by atoms with Crippen molar-refractivity contribution in [2.24, 2.45) is 0 Å². The van der Waals surface area contributed by atoms with Gasteiger partial charge in [-0.3, -0.25) is 4.79 Å². The van der Waals surface area contributed by atoms with Crippen molar-refractivity contribution in [3.05, 3.63) is 94.5 Å². The lowest BCUT2D eigenvalue weighted by atomic mass is 10.1. The van der Waals surface area contributed by atoms with Crippen LogP contribution in [-0.2, 0) is 16.1 Å². The summed E-state index contributed by atoms with van der Waals surface area (Å²) < 4.78 is 16.3. The minimum atomic E-state index is -0.490. The van der Waals surface area contributed by atoms with Gasteiger partial charge in [0.2, 0.25) is 5.91 Å². The summed E-state index contributed by atoms with van der Waals surface area (Å²) in [6.07, 6.45) is 3.03. The molecule has 0 unspecified atom stereocenters. The van der Waals surface area contributed by atoms with Crippen molar-refractivity contribution < 1.29 is 23.8 Å². The molecule has 1 amide bonds. The quantitative estimate of drug-likeness (QED) is 0.321. The average molecular weight is 466 g/mol. The van der Waals surface area contributed by atoms with Crippen LogP contribution in [0.2, 0.25) is 5.02 Å². The number of rotatable bonds is 9. The van der Waals surface area contributed by atoms with Gasteiger partial charge in [-0.25, -0.2) is 4.79 Å². The number of esters is 1. The van der Waals surface area contributed by atoms with Gasteiger partial charge in [0.05, 0.1) is 25.0 Å². The first kappa shape index (κ1) is 23.9. The van der Waals surface area contributed by atoms with E-state index < -0.39 is 5.97 Å². The van der Waals surface area contributed by atoms with Crippen LogP contribution < -0.4 is 14.8 Å². The van der Waals surface area contributed by atoms with Crippen LogP contribution >= 0.6 is 11.6 Å². The summed E-state index contributed by atoms with van der Waals surface area (Å²) in [7, 11) is 1.55. The zero-order valence-corrected chi connectivity index (χ0v) is 19.1. The fraction of sp³-hybridized carbons (Fsp3) is 0.154. The molecule has 0 aliphatic rings. The molecule has 0 aliphatic heterocycles. The number of carbonyl (C=O) groups excluding carboxylic acids is 2. The lowest BCUT2D eigenvalue weighted by molar-refractivity contribution is -0.111. The maximum absolute atomic E-state index is 12.4. The highest BCUT2D eigenvalue weighted by Gasteiger charge is 2.13. The topological polar surface area (TPSA) is 73.9 Å². The molecule has 0 aromatic heterocycles. The fourth-order valence-corrected chi connectivity index (χ4v) is 3.10. The Morgan fingerprint density at radius 2 is 1.76 bits per heavy atom. The maximum atomic E-state index is 12.4. The van der Waals surface area contributed by atoms with Crippen molar-refractivity contribution in [3.63, 3.8) is 0 Å². The highest BCUT2D eigenvalue weighted by Crippen LogP contribution is 2.29. The van der Waals surface area contributed by atoms with Crippen molar-refractivity contribution in [3.8, 4) is 11.5 Å². The van der Waals surface area contributed by atoms with Crippen molar-refractivity contribution in [1.82, 2.24) is 0 Å². The molecule has 0 saturated heterocycles. The Morgan fingerprint density at radius 1 is 1.00 bits per heavy atom. The van der Waals surface area contributed by atoms with E-state index in [0.717, 1.165) is 11.1 Å². The van der Waals surface area contributed by atoms with Gasteiger partial charge in [-0.1, -0.05) is 41.9 Å². The number of hydrogen-bond donors (Lipinski definition) is 1. The van der Waals surface area contributed by atoms with Gasteiger partial charge < -0.3 is 19.5 Å². The number of hydrogen-bond acceptors (Lipinski definition) is 5. The van der Waals surface area contributed by atoms with E-state index in [9.17, 15) is 9.59 Å². The Kier molecular flexibility index (Phi) is 8.49. The van der Waals surface area contributed by atoms with Crippen LogP contribution in [0.15, 0.2) is 72.8 Å². The van der Waals surface area contributed by atoms with Gasteiger partial charge in [-0.2, -0.15) is 0 Å². The average Bonchev–Trinajstić information content (AvgIpc) is 2.83. The number of halogens is 1. The predicted molar refractivity (Wildman–Crippen MR) is 129 cm³/mol. The van der Waals surface area contributed by atoms with E-state index in [2.05, 4.69) is 5.32 Å². The predicted octanol–water partition coefficient (Wildman–Crippen LogP) is 5.76. The molecule has 0 radical (unpaired) electrons. The number of amides is 1. The number of methoxy groups -OCH3 is 1. The van der Waals surface area contributed by atoms with Crippen molar-refractivity contribution in [2.45, 2.75) is 13.5 Å². The standard InChI is InChI=1S/C26H24ClNO5/c1-3-32-26(30)21-6-4-5-7-22(21)28-25(29)15-11-18-10-14-23(24(16-18)31-2)33-17-19-8-12-20(27)13-9-19/h4-16H,3,17H2,1-2H3,(H,28,29). The molecule has 0 aliphatic carbocycles. The minimum Gasteiger partial charge on any atom is -0.493 e. The monoisotopic (exact) mass is 465 g/mol. The Balaban J connectivity index is 1.65. The molecule has 0 bridgehead atoms. The number of benzene rings is 3. The summed E-state index contributed by atoms with van der Waals surface area (Å²) in [6, 6.07) is 19.5. The van der Waals surface area contributed by atoms with E-state index in [-0.39, 0.29) is 12.5 Å². The second-order valence-corrected chi connectivity index (χ2v) is 7.35. The fourth-order valence-electron chi connectivity index (χ4n) is 2.97. The Hall–Kier alpha value is -3.77. The van der Waals surface area contributed by atoms with E-state index in [0.29, 0.717) is 34.4 Å². The zero-order chi connectivity index (χ0) is 23.6. The van der Waals surface area contributed by atoms with Gasteiger partial charge in [0.25, 0.3) is 0 Å². The summed E-state index contributed by atoms with van der Waals surface area (Å²) in [6.45, 7) is 2.34. The molecule has 3 rings (SSSR count). The van der Waals surface area contributed by atoms with E-state index in [1.807, 2.05) is 30.3 Å². The van der Waals surface area contributed by atoms with Crippen LogP contribution in [0.1, 0.15) is 28.4 Å². The van der Waals surface area contributed by atoms with E-state index in [1.165, 1.54) is 6.08 Å². The lowest BCUT2D eigenvalue weighted by Gasteiger charge is -2.11. The van der Waals surface area contributed by atoms with Crippen LogP contribution in [0.4, 0.5) is 5.69 Å². The van der Waals surface area contributed by atoms with Crippen LogP contribution in [-0.4, -0.2) is 25.6 Å². The first-order valence-electron chi connectivity index (χ1n) is 10.3. The molecule has 170 valence electrons. The first-order chi connectivity index (χ1) is 16.0. The summed E-state index contributed by atoms with van der Waals surface area (Å²) in [5.41, 5.74) is 2.41. The second-order valence-electron chi connectivity index (χ2n) is 6.91. The molecule has 0 saturated carbocycles. The molecule has 1 N–H and O–H groups in total. The Labute approximate surface area is 197 Å². The largest absolute Gasteiger partial charge is 0.493 e. The minimum absolute atomic E-state index is 0.252. The molecule has 3 aromatic carbocycles. The number of nitrogens with one attached hydrogen (secondary N) is 1. The molecule has 0 fully saturated rings. The summed E-state index contributed by atoms with van der Waals surface area (Å²) in [5, 5.41) is 3.38. The third kappa shape index (κ3) is 6.85. The summed E-state index contributed by atoms with van der Waals surface area (Å²) in [5.74, 6) is 0.252. The van der Waals surface area contributed by atoms with Gasteiger partial charge in [-0.15, -0.1) is 0 Å². The third-order valence-electron chi connectivity index (χ3n) is 4.60. The number of para-hydroxylation sites is 1. The highest BCUT2D eigenvalue weighted by molar-refractivity contribution is 6.30. The molecule has 0 spiro atoms. The molecule has 0 atom stereocenters.